The number of hydrogen-bond donors (Lipinski definition) is 1. The number of hydrogen-bond acceptors (Lipinski definition) is 11. The molecule has 4 heterocycles. The zero-order chi connectivity index (χ0) is 28.1. The van der Waals surface area contributed by atoms with Crippen molar-refractivity contribution < 1.29 is 33.5 Å². The van der Waals surface area contributed by atoms with E-state index in [2.05, 4.69) is 9.98 Å². The maximum Gasteiger partial charge on any atom is 0.410 e. The normalized spacial score (nSPS) is 16.3. The van der Waals surface area contributed by atoms with Gasteiger partial charge in [0.2, 0.25) is 0 Å². The van der Waals surface area contributed by atoms with Crippen molar-refractivity contribution in [3.8, 4) is 11.5 Å². The summed E-state index contributed by atoms with van der Waals surface area (Å²) < 4.78 is 20.8. The van der Waals surface area contributed by atoms with Crippen LogP contribution in [0.25, 0.3) is 0 Å². The molecule has 4 aliphatic heterocycles. The van der Waals surface area contributed by atoms with Crippen LogP contribution in [0, 0.1) is 10.1 Å². The van der Waals surface area contributed by atoms with Gasteiger partial charge < -0.3 is 34.5 Å². The first kappa shape index (κ1) is 26.7. The second-order valence-electron chi connectivity index (χ2n) is 9.20. The number of nitro benzene ring substituents is 1. The summed E-state index contributed by atoms with van der Waals surface area (Å²) in [6.07, 6.45) is 2.77. The number of cyclic esters (lactones) is 2. The largest absolute Gasteiger partial charge is 0.490 e. The Morgan fingerprint density at radius 3 is 1.90 bits per heavy atom. The smallest absolute Gasteiger partial charge is 0.410 e. The third kappa shape index (κ3) is 6.06. The molecule has 0 aromatic heterocycles. The number of amides is 2. The van der Waals surface area contributed by atoms with Gasteiger partial charge in [0, 0.05) is 24.1 Å². The van der Waals surface area contributed by atoms with Crippen LogP contribution in [0.5, 0.6) is 11.5 Å². The number of carbonyl (C=O) groups is 2. The number of nitrogens with two attached hydrogens (primary N) is 1. The monoisotopic (exact) mass is 552 g/mol. The zero-order valence-corrected chi connectivity index (χ0v) is 21.6. The van der Waals surface area contributed by atoms with Crippen molar-refractivity contribution in [1.29, 1.82) is 0 Å². The Labute approximate surface area is 229 Å². The molecule has 6 rings (SSSR count). The minimum atomic E-state index is -0.480. The summed E-state index contributed by atoms with van der Waals surface area (Å²) in [4.78, 5) is 44.5. The van der Waals surface area contributed by atoms with E-state index in [1.54, 1.807) is 17.2 Å². The lowest BCUT2D eigenvalue weighted by Crippen LogP contribution is -2.29. The van der Waals surface area contributed by atoms with E-state index >= 15 is 0 Å². The van der Waals surface area contributed by atoms with Crippen molar-refractivity contribution in [2.45, 2.75) is 13.1 Å². The highest BCUT2D eigenvalue weighted by atomic mass is 16.6. The number of fused-ring (bicyclic) bond motifs is 2. The molecule has 0 aliphatic carbocycles. The SMILES string of the molecule is Nc1cc2c(cc1OCCN1CCOC1=O)CN=C2.O=C1OCCN1CCOc1cc2c(cc1[N+](=O)[O-])C=NC2. The minimum Gasteiger partial charge on any atom is -0.490 e. The maximum atomic E-state index is 11.3. The average molecular weight is 553 g/mol. The van der Waals surface area contributed by atoms with Crippen molar-refractivity contribution in [2.75, 3.05) is 58.3 Å². The second kappa shape index (κ2) is 11.9. The second-order valence-corrected chi connectivity index (χ2v) is 9.20. The number of nitro groups is 1. The van der Waals surface area contributed by atoms with Crippen molar-refractivity contribution in [1.82, 2.24) is 9.80 Å². The third-order valence-corrected chi connectivity index (χ3v) is 6.60. The third-order valence-electron chi connectivity index (χ3n) is 6.60. The molecule has 0 spiro atoms. The topological polar surface area (TPSA) is 171 Å². The fourth-order valence-corrected chi connectivity index (χ4v) is 4.45. The van der Waals surface area contributed by atoms with E-state index in [1.807, 2.05) is 18.3 Å². The molecule has 40 heavy (non-hydrogen) atoms. The Bertz CT molecular complexity index is 1380. The Hall–Kier alpha value is -4.88. The first-order chi connectivity index (χ1) is 19.4. The van der Waals surface area contributed by atoms with Gasteiger partial charge in [0.1, 0.15) is 32.2 Å². The summed E-state index contributed by atoms with van der Waals surface area (Å²) in [6.45, 7) is 4.56. The first-order valence-corrected chi connectivity index (χ1v) is 12.7. The molecule has 2 N–H and O–H groups in total. The highest BCUT2D eigenvalue weighted by Crippen LogP contribution is 2.32. The van der Waals surface area contributed by atoms with E-state index in [0.29, 0.717) is 70.5 Å². The molecule has 0 unspecified atom stereocenters. The molecule has 0 saturated carbocycles. The molecule has 2 fully saturated rings. The molecule has 2 aromatic carbocycles. The molecule has 0 radical (unpaired) electrons. The Morgan fingerprint density at radius 2 is 1.38 bits per heavy atom. The van der Waals surface area contributed by atoms with Crippen LogP contribution in [0.15, 0.2) is 34.3 Å². The molecule has 210 valence electrons. The Kier molecular flexibility index (Phi) is 7.94. The van der Waals surface area contributed by atoms with Crippen molar-refractivity contribution >= 4 is 36.0 Å². The van der Waals surface area contributed by atoms with Crippen molar-refractivity contribution in [2.24, 2.45) is 9.98 Å². The Morgan fingerprint density at radius 1 is 0.850 bits per heavy atom. The Balaban J connectivity index is 0.000000162. The van der Waals surface area contributed by atoms with Gasteiger partial charge >= 0.3 is 17.9 Å². The summed E-state index contributed by atoms with van der Waals surface area (Å²) in [6, 6.07) is 6.89. The van der Waals surface area contributed by atoms with Gasteiger partial charge in [-0.2, -0.15) is 0 Å². The molecule has 14 nitrogen and oxygen atoms in total. The van der Waals surface area contributed by atoms with Gasteiger partial charge in [-0.15, -0.1) is 0 Å². The van der Waals surface area contributed by atoms with Gasteiger partial charge in [0.05, 0.1) is 49.9 Å². The van der Waals surface area contributed by atoms with Crippen LogP contribution in [-0.4, -0.2) is 91.9 Å². The van der Waals surface area contributed by atoms with Gasteiger partial charge in [-0.1, -0.05) is 0 Å². The van der Waals surface area contributed by atoms with Crippen LogP contribution in [0.2, 0.25) is 0 Å². The van der Waals surface area contributed by atoms with E-state index in [0.717, 1.165) is 22.3 Å². The summed E-state index contributed by atoms with van der Waals surface area (Å²) in [5, 5.41) is 11.1. The van der Waals surface area contributed by atoms with Crippen LogP contribution in [0.4, 0.5) is 21.0 Å². The predicted octanol–water partition coefficient (Wildman–Crippen LogP) is 2.39. The molecule has 2 saturated heterocycles. The quantitative estimate of drug-likeness (QED) is 0.278. The molecular weight excluding hydrogens is 524 g/mol. The zero-order valence-electron chi connectivity index (χ0n) is 21.6. The van der Waals surface area contributed by atoms with Gasteiger partial charge in [-0.25, -0.2) is 9.59 Å². The highest BCUT2D eigenvalue weighted by molar-refractivity contribution is 5.87. The molecule has 0 atom stereocenters. The summed E-state index contributed by atoms with van der Waals surface area (Å²) in [5.41, 5.74) is 10.2. The summed E-state index contributed by atoms with van der Waals surface area (Å²) in [7, 11) is 0. The van der Waals surface area contributed by atoms with E-state index in [4.69, 9.17) is 24.7 Å². The van der Waals surface area contributed by atoms with Crippen LogP contribution in [0.1, 0.15) is 22.3 Å². The molecule has 0 bridgehead atoms. The molecule has 14 heteroatoms. The van der Waals surface area contributed by atoms with E-state index < -0.39 is 4.92 Å². The molecule has 4 aliphatic rings. The fourth-order valence-electron chi connectivity index (χ4n) is 4.45. The lowest BCUT2D eigenvalue weighted by Gasteiger charge is -2.14. The molecular formula is C26H28N6O8. The predicted molar refractivity (Wildman–Crippen MR) is 143 cm³/mol. The number of rotatable bonds is 9. The molecule has 2 aromatic rings. The number of anilines is 1. The van der Waals surface area contributed by atoms with Gasteiger partial charge in [0.15, 0.2) is 5.75 Å². The summed E-state index contributed by atoms with van der Waals surface area (Å²) >= 11 is 0. The average Bonchev–Trinajstić information content (AvgIpc) is 3.74. The van der Waals surface area contributed by atoms with E-state index in [-0.39, 0.29) is 30.2 Å². The van der Waals surface area contributed by atoms with Gasteiger partial charge in [0.25, 0.3) is 0 Å². The van der Waals surface area contributed by atoms with E-state index in [9.17, 15) is 19.7 Å². The number of nitrogen functional groups attached to an aromatic ring is 1. The number of ether oxygens (including phenoxy) is 4. The lowest BCUT2D eigenvalue weighted by molar-refractivity contribution is -0.385. The highest BCUT2D eigenvalue weighted by Gasteiger charge is 2.24. The number of nitrogens with zero attached hydrogens (tertiary/aromatic N) is 5. The van der Waals surface area contributed by atoms with Gasteiger partial charge in [-0.3, -0.25) is 20.1 Å². The van der Waals surface area contributed by atoms with Crippen molar-refractivity contribution in [3.63, 3.8) is 0 Å². The first-order valence-electron chi connectivity index (χ1n) is 12.7. The van der Waals surface area contributed by atoms with E-state index in [1.165, 1.54) is 11.0 Å². The number of benzene rings is 2. The van der Waals surface area contributed by atoms with Crippen LogP contribution >= 0.6 is 0 Å². The minimum absolute atomic E-state index is 0.0916. The van der Waals surface area contributed by atoms with Crippen molar-refractivity contribution in [3.05, 3.63) is 56.6 Å². The fraction of sp³-hybridized carbons (Fsp3) is 0.385. The standard InChI is InChI=1S/C13H13N3O5.C13H15N3O3/c17-13-15(2-4-21-13)1-3-20-12-6-10-8-14-7-9(10)5-11(12)16(18)19;14-11-5-9-7-15-8-10(9)6-12(11)18-3-1-16-2-4-19-13(16)17/h5-7H,1-4,8H2;5-7H,1-4,8,14H2. The number of aliphatic imine (C=N–C) groups is 2. The lowest BCUT2D eigenvalue weighted by atomic mass is 10.1. The molecule has 2 amide bonds. The number of carbonyl (C=O) groups excluding carboxylic acids is 2. The summed E-state index contributed by atoms with van der Waals surface area (Å²) in [5.74, 6) is 0.855. The van der Waals surface area contributed by atoms with Crippen LogP contribution < -0.4 is 15.2 Å². The maximum absolute atomic E-state index is 11.3. The van der Waals surface area contributed by atoms with Crippen LogP contribution in [-0.2, 0) is 22.6 Å². The van der Waals surface area contributed by atoms with Gasteiger partial charge in [-0.05, 0) is 34.9 Å². The van der Waals surface area contributed by atoms with Crippen LogP contribution in [0.3, 0.4) is 0 Å².